The predicted molar refractivity (Wildman–Crippen MR) is 83.4 cm³/mol. The van der Waals surface area contributed by atoms with Gasteiger partial charge in [0.1, 0.15) is 5.76 Å². The van der Waals surface area contributed by atoms with Crippen LogP contribution in [-0.4, -0.2) is 43.7 Å². The number of nitrogens with one attached hydrogen (secondary N) is 1. The topological polar surface area (TPSA) is 54.7 Å². The van der Waals surface area contributed by atoms with Crippen molar-refractivity contribution in [3.8, 4) is 0 Å². The molecule has 0 spiro atoms. The van der Waals surface area contributed by atoms with Gasteiger partial charge in [-0.2, -0.15) is 0 Å². The lowest BCUT2D eigenvalue weighted by atomic mass is 10.1. The molecule has 0 bridgehead atoms. The second kappa shape index (κ2) is 9.58. The Morgan fingerprint density at radius 3 is 2.71 bits per heavy atom. The summed E-state index contributed by atoms with van der Waals surface area (Å²) in [5.41, 5.74) is 0. The zero-order chi connectivity index (χ0) is 15.7. The molecule has 0 amide bonds. The Balaban J connectivity index is 2.25. The number of ether oxygens (including phenoxy) is 1. The van der Waals surface area contributed by atoms with E-state index in [1.807, 2.05) is 6.07 Å². The lowest BCUT2D eigenvalue weighted by Crippen LogP contribution is -2.28. The molecule has 0 saturated carbocycles. The van der Waals surface area contributed by atoms with Crippen molar-refractivity contribution in [1.29, 1.82) is 0 Å². The number of rotatable bonds is 10. The van der Waals surface area contributed by atoms with E-state index in [9.17, 15) is 4.79 Å². The maximum absolute atomic E-state index is 11.3. The fraction of sp³-hybridized carbons (Fsp3) is 0.688. The fourth-order valence-electron chi connectivity index (χ4n) is 2.22. The van der Waals surface area contributed by atoms with Crippen molar-refractivity contribution in [1.82, 2.24) is 10.2 Å². The summed E-state index contributed by atoms with van der Waals surface area (Å²) in [6.45, 7) is 10.6. The third-order valence-electron chi connectivity index (χ3n) is 3.68. The number of nitrogens with zero attached hydrogens (tertiary/aromatic N) is 1. The van der Waals surface area contributed by atoms with Crippen LogP contribution in [0.4, 0.5) is 0 Å². The maximum Gasteiger partial charge on any atom is 0.373 e. The first-order chi connectivity index (χ1) is 10.1. The van der Waals surface area contributed by atoms with E-state index in [2.05, 4.69) is 35.7 Å². The molecule has 1 N–H and O–H groups in total. The summed E-state index contributed by atoms with van der Waals surface area (Å²) in [6.07, 6.45) is 2.31. The molecule has 0 saturated heterocycles. The first kappa shape index (κ1) is 17.7. The van der Waals surface area contributed by atoms with Crippen molar-refractivity contribution in [3.05, 3.63) is 23.7 Å². The summed E-state index contributed by atoms with van der Waals surface area (Å²) >= 11 is 0. The number of methoxy groups -OCH3 is 1. The molecule has 0 radical (unpaired) electrons. The molecule has 1 aromatic rings. The highest BCUT2D eigenvalue weighted by Gasteiger charge is 2.11. The highest BCUT2D eigenvalue weighted by atomic mass is 16.5. The summed E-state index contributed by atoms with van der Waals surface area (Å²) in [5.74, 6) is 0.572. The van der Waals surface area contributed by atoms with Gasteiger partial charge in [0.2, 0.25) is 5.76 Å². The lowest BCUT2D eigenvalue weighted by molar-refractivity contribution is 0.0563. The van der Waals surface area contributed by atoms with E-state index in [1.54, 1.807) is 6.07 Å². The van der Waals surface area contributed by atoms with Gasteiger partial charge in [0.25, 0.3) is 0 Å². The van der Waals surface area contributed by atoms with Crippen LogP contribution in [-0.2, 0) is 11.3 Å². The molecule has 1 atom stereocenters. The highest BCUT2D eigenvalue weighted by molar-refractivity contribution is 5.86. The van der Waals surface area contributed by atoms with E-state index in [1.165, 1.54) is 13.5 Å². The number of carbonyl (C=O) groups excluding carboxylic acids is 1. The van der Waals surface area contributed by atoms with E-state index in [-0.39, 0.29) is 5.76 Å². The Morgan fingerprint density at radius 1 is 1.38 bits per heavy atom. The largest absolute Gasteiger partial charge is 0.463 e. The third-order valence-corrected chi connectivity index (χ3v) is 3.68. The van der Waals surface area contributed by atoms with Crippen molar-refractivity contribution in [2.75, 3.05) is 26.7 Å². The number of furan rings is 1. The van der Waals surface area contributed by atoms with Gasteiger partial charge in [-0.25, -0.2) is 4.79 Å². The van der Waals surface area contributed by atoms with Gasteiger partial charge in [-0.05, 0) is 51.5 Å². The summed E-state index contributed by atoms with van der Waals surface area (Å²) < 4.78 is 10.0. The molecule has 21 heavy (non-hydrogen) atoms. The van der Waals surface area contributed by atoms with Crippen LogP contribution in [0.5, 0.6) is 0 Å². The van der Waals surface area contributed by atoms with Gasteiger partial charge in [-0.15, -0.1) is 0 Å². The fourth-order valence-corrected chi connectivity index (χ4v) is 2.22. The molecule has 5 nitrogen and oxygen atoms in total. The van der Waals surface area contributed by atoms with Gasteiger partial charge in [-0.1, -0.05) is 13.8 Å². The van der Waals surface area contributed by atoms with Gasteiger partial charge in [0, 0.05) is 6.04 Å². The number of hydrogen-bond acceptors (Lipinski definition) is 5. The Kier molecular flexibility index (Phi) is 8.08. The number of hydrogen-bond donors (Lipinski definition) is 1. The quantitative estimate of drug-likeness (QED) is 0.673. The number of carbonyl (C=O) groups is 1. The smallest absolute Gasteiger partial charge is 0.373 e. The van der Waals surface area contributed by atoms with Crippen LogP contribution in [0.25, 0.3) is 0 Å². The molecule has 120 valence electrons. The van der Waals surface area contributed by atoms with Crippen molar-refractivity contribution >= 4 is 5.97 Å². The first-order valence-corrected chi connectivity index (χ1v) is 7.73. The van der Waals surface area contributed by atoms with Gasteiger partial charge < -0.3 is 19.4 Å². The Hall–Kier alpha value is -1.33. The van der Waals surface area contributed by atoms with Gasteiger partial charge in [0.05, 0.1) is 13.7 Å². The zero-order valence-electron chi connectivity index (χ0n) is 13.6. The minimum atomic E-state index is -0.437. The average Bonchev–Trinajstić information content (AvgIpc) is 2.97. The van der Waals surface area contributed by atoms with E-state index >= 15 is 0 Å². The first-order valence-electron chi connectivity index (χ1n) is 7.73. The van der Waals surface area contributed by atoms with Gasteiger partial charge in [0.15, 0.2) is 0 Å². The molecule has 1 heterocycles. The molecule has 1 rings (SSSR count). The number of esters is 1. The average molecular weight is 296 g/mol. The van der Waals surface area contributed by atoms with Crippen molar-refractivity contribution < 1.29 is 13.9 Å². The van der Waals surface area contributed by atoms with Gasteiger partial charge in [-0.3, -0.25) is 0 Å². The van der Waals surface area contributed by atoms with Crippen LogP contribution in [0, 0.1) is 0 Å². The Morgan fingerprint density at radius 2 is 2.10 bits per heavy atom. The molecule has 0 aliphatic carbocycles. The van der Waals surface area contributed by atoms with E-state index in [0.717, 1.165) is 31.8 Å². The van der Waals surface area contributed by atoms with Crippen molar-refractivity contribution in [3.63, 3.8) is 0 Å². The van der Waals surface area contributed by atoms with Crippen LogP contribution in [0.2, 0.25) is 0 Å². The third kappa shape index (κ3) is 6.31. The molecule has 0 aliphatic heterocycles. The van der Waals surface area contributed by atoms with Crippen LogP contribution in [0.15, 0.2) is 16.5 Å². The molecule has 1 aromatic heterocycles. The SMILES string of the molecule is CCN(CC)CCCC(C)NCc1ccc(C(=O)OC)o1. The molecule has 5 heteroatoms. The van der Waals surface area contributed by atoms with E-state index in [0.29, 0.717) is 12.6 Å². The molecular formula is C16H28N2O3. The van der Waals surface area contributed by atoms with Crippen molar-refractivity contribution in [2.24, 2.45) is 0 Å². The molecule has 0 fully saturated rings. The second-order valence-corrected chi connectivity index (χ2v) is 5.21. The summed E-state index contributed by atoms with van der Waals surface area (Å²) in [6, 6.07) is 3.88. The lowest BCUT2D eigenvalue weighted by Gasteiger charge is -2.19. The summed E-state index contributed by atoms with van der Waals surface area (Å²) in [5, 5.41) is 3.41. The maximum atomic E-state index is 11.3. The van der Waals surface area contributed by atoms with Crippen LogP contribution in [0.1, 0.15) is 49.9 Å². The molecule has 0 aliphatic rings. The highest BCUT2D eigenvalue weighted by Crippen LogP contribution is 2.09. The summed E-state index contributed by atoms with van der Waals surface area (Å²) in [4.78, 5) is 13.7. The monoisotopic (exact) mass is 296 g/mol. The minimum absolute atomic E-state index is 0.253. The van der Waals surface area contributed by atoms with Crippen molar-refractivity contribution in [2.45, 2.75) is 46.2 Å². The minimum Gasteiger partial charge on any atom is -0.463 e. The summed E-state index contributed by atoms with van der Waals surface area (Å²) in [7, 11) is 1.35. The second-order valence-electron chi connectivity index (χ2n) is 5.21. The van der Waals surface area contributed by atoms with Crippen LogP contribution in [0.3, 0.4) is 0 Å². The van der Waals surface area contributed by atoms with Crippen LogP contribution < -0.4 is 5.32 Å². The predicted octanol–water partition coefficient (Wildman–Crippen LogP) is 2.67. The Labute approximate surface area is 127 Å². The van der Waals surface area contributed by atoms with Crippen LogP contribution >= 0.6 is 0 Å². The standard InChI is InChI=1S/C16H28N2O3/c1-5-18(6-2)11-7-8-13(3)17-12-14-9-10-15(21-14)16(19)20-4/h9-10,13,17H,5-8,11-12H2,1-4H3. The molecule has 0 aromatic carbocycles. The van der Waals surface area contributed by atoms with E-state index in [4.69, 9.17) is 4.42 Å². The molecule has 1 unspecified atom stereocenters. The van der Waals surface area contributed by atoms with Gasteiger partial charge >= 0.3 is 5.97 Å². The van der Waals surface area contributed by atoms with E-state index < -0.39 is 5.97 Å². The normalized spacial score (nSPS) is 12.6. The zero-order valence-corrected chi connectivity index (χ0v) is 13.6. The molecular weight excluding hydrogens is 268 g/mol. The Bertz CT molecular complexity index is 413.